The number of halogens is 1. The predicted molar refractivity (Wildman–Crippen MR) is 143 cm³/mol. The van der Waals surface area contributed by atoms with Crippen LogP contribution in [0.4, 0.5) is 5.69 Å². The highest BCUT2D eigenvalue weighted by molar-refractivity contribution is 9.10. The van der Waals surface area contributed by atoms with Crippen molar-refractivity contribution in [3.8, 4) is 6.07 Å². The predicted octanol–water partition coefficient (Wildman–Crippen LogP) is 5.23. The zero-order valence-electron chi connectivity index (χ0n) is 20.7. The van der Waals surface area contributed by atoms with Gasteiger partial charge in [0.1, 0.15) is 17.1 Å². The molecule has 2 heterocycles. The molecule has 1 aromatic heterocycles. The van der Waals surface area contributed by atoms with Gasteiger partial charge in [0.25, 0.3) is 5.91 Å². The first-order valence-corrected chi connectivity index (χ1v) is 13.9. The fourth-order valence-corrected chi connectivity index (χ4v) is 6.26. The number of amides is 3. The lowest BCUT2D eigenvalue weighted by Gasteiger charge is -2.37. The highest BCUT2D eigenvalue weighted by Crippen LogP contribution is 2.33. The maximum absolute atomic E-state index is 13.7. The average Bonchev–Trinajstić information content (AvgIpc) is 3.16. The van der Waals surface area contributed by atoms with Gasteiger partial charge in [0.15, 0.2) is 0 Å². The number of aromatic nitrogens is 1. The van der Waals surface area contributed by atoms with Crippen molar-refractivity contribution in [2.45, 2.75) is 76.4 Å². The van der Waals surface area contributed by atoms with Gasteiger partial charge < -0.3 is 4.90 Å². The maximum atomic E-state index is 13.7. The third kappa shape index (κ3) is 5.21. The molecule has 2 fully saturated rings. The topological polar surface area (TPSA) is 94.4 Å². The highest BCUT2D eigenvalue weighted by atomic mass is 79.9. The Hall–Kier alpha value is -2.70. The molecule has 2 aliphatic rings. The van der Waals surface area contributed by atoms with Crippen molar-refractivity contribution in [1.29, 1.82) is 5.26 Å². The summed E-state index contributed by atoms with van der Waals surface area (Å²) in [4.78, 5) is 47.6. The van der Waals surface area contributed by atoms with Gasteiger partial charge in [-0.15, -0.1) is 0 Å². The zero-order valence-corrected chi connectivity index (χ0v) is 23.1. The van der Waals surface area contributed by atoms with E-state index in [1.165, 1.54) is 16.7 Å². The Balaban J connectivity index is 1.60. The molecule has 0 radical (unpaired) electrons. The van der Waals surface area contributed by atoms with Crippen LogP contribution in [0.25, 0.3) is 0 Å². The quantitative estimate of drug-likeness (QED) is 0.350. The molecule has 1 unspecified atom stereocenters. The van der Waals surface area contributed by atoms with Gasteiger partial charge in [-0.25, -0.2) is 9.88 Å². The van der Waals surface area contributed by atoms with E-state index >= 15 is 0 Å². The molecule has 1 aliphatic carbocycles. The second-order valence-electron chi connectivity index (χ2n) is 9.38. The molecule has 3 amide bonds. The van der Waals surface area contributed by atoms with E-state index in [0.29, 0.717) is 16.3 Å². The minimum Gasteiger partial charge on any atom is -0.326 e. The van der Waals surface area contributed by atoms with E-state index in [2.05, 4.69) is 27.0 Å². The van der Waals surface area contributed by atoms with E-state index in [0.717, 1.165) is 53.4 Å². The molecule has 1 aliphatic heterocycles. The monoisotopic (exact) mass is 568 g/mol. The van der Waals surface area contributed by atoms with Crippen molar-refractivity contribution in [2.75, 3.05) is 10.7 Å². The Kier molecular flexibility index (Phi) is 8.16. The molecule has 36 heavy (non-hydrogen) atoms. The summed E-state index contributed by atoms with van der Waals surface area (Å²) in [5.41, 5.74) is 3.65. The number of rotatable bonds is 6. The zero-order chi connectivity index (χ0) is 26.0. The van der Waals surface area contributed by atoms with Crippen LogP contribution in [0.15, 0.2) is 33.8 Å². The summed E-state index contributed by atoms with van der Waals surface area (Å²) >= 11 is 4.61. The minimum atomic E-state index is -0.817. The van der Waals surface area contributed by atoms with Crippen LogP contribution >= 0.6 is 27.7 Å². The molecule has 9 heteroatoms. The summed E-state index contributed by atoms with van der Waals surface area (Å²) in [6.07, 6.45) is 4.69. The first-order chi connectivity index (χ1) is 17.2. The van der Waals surface area contributed by atoms with E-state index in [-0.39, 0.29) is 35.9 Å². The number of benzene rings is 1. The second-order valence-corrected chi connectivity index (χ2v) is 11.3. The first kappa shape index (κ1) is 26.4. The Morgan fingerprint density at radius 3 is 2.44 bits per heavy atom. The van der Waals surface area contributed by atoms with E-state index < -0.39 is 6.04 Å². The van der Waals surface area contributed by atoms with Crippen molar-refractivity contribution < 1.29 is 14.4 Å². The fraction of sp³-hybridized carbons (Fsp3) is 0.444. The number of thioether (sulfide) groups is 1. The lowest BCUT2D eigenvalue weighted by Crippen LogP contribution is -2.52. The Bertz CT molecular complexity index is 1240. The van der Waals surface area contributed by atoms with Crippen molar-refractivity contribution in [1.82, 2.24) is 9.88 Å². The first-order valence-electron chi connectivity index (χ1n) is 12.2. The molecule has 1 saturated carbocycles. The number of carbonyl (C=O) groups is 3. The highest BCUT2D eigenvalue weighted by Gasteiger charge is 2.46. The molecule has 7 nitrogen and oxygen atoms in total. The number of imide groups is 1. The van der Waals surface area contributed by atoms with E-state index in [1.54, 1.807) is 29.2 Å². The summed E-state index contributed by atoms with van der Waals surface area (Å²) in [5, 5.41) is 10.2. The number of carbonyl (C=O) groups excluding carboxylic acids is 3. The van der Waals surface area contributed by atoms with Crippen LogP contribution in [0.2, 0.25) is 0 Å². The van der Waals surface area contributed by atoms with Gasteiger partial charge in [-0.1, -0.05) is 47.0 Å². The molecule has 1 aromatic carbocycles. The molecule has 0 N–H and O–H groups in total. The lowest BCUT2D eigenvalue weighted by molar-refractivity contribution is -0.139. The van der Waals surface area contributed by atoms with E-state index in [9.17, 15) is 19.6 Å². The summed E-state index contributed by atoms with van der Waals surface area (Å²) in [5.74, 6) is -0.802. The van der Waals surface area contributed by atoms with Gasteiger partial charge in [0.05, 0.1) is 23.4 Å². The largest absolute Gasteiger partial charge is 0.326 e. The summed E-state index contributed by atoms with van der Waals surface area (Å²) in [7, 11) is 0. The van der Waals surface area contributed by atoms with Crippen LogP contribution in [-0.2, 0) is 14.4 Å². The number of pyridine rings is 1. The van der Waals surface area contributed by atoms with Crippen molar-refractivity contribution >= 4 is 51.1 Å². The van der Waals surface area contributed by atoms with Crippen molar-refractivity contribution in [3.05, 3.63) is 51.1 Å². The van der Waals surface area contributed by atoms with Gasteiger partial charge in [0.2, 0.25) is 11.8 Å². The van der Waals surface area contributed by atoms with Gasteiger partial charge >= 0.3 is 0 Å². The Morgan fingerprint density at radius 1 is 1.14 bits per heavy atom. The normalized spacial score (nSPS) is 18.4. The lowest BCUT2D eigenvalue weighted by atomic mass is 9.92. The molecular weight excluding hydrogens is 540 g/mol. The average molecular weight is 570 g/mol. The summed E-state index contributed by atoms with van der Waals surface area (Å²) in [6, 6.07) is 8.35. The van der Waals surface area contributed by atoms with Gasteiger partial charge in [0, 0.05) is 16.2 Å². The number of nitrogens with zero attached hydrogens (tertiary/aromatic N) is 4. The minimum absolute atomic E-state index is 0.0216. The summed E-state index contributed by atoms with van der Waals surface area (Å²) < 4.78 is 0.852. The van der Waals surface area contributed by atoms with Gasteiger partial charge in [-0.2, -0.15) is 5.26 Å². The standard InChI is InChI=1S/C27H29BrN4O3S/c1-16-17(2)22(14-29)26(30-18(16)3)36-15-25(34)31(20-7-5-4-6-8-20)23-13-24(33)32(27(23)35)21-11-9-19(28)10-12-21/h9-12,20,23H,4-8,13,15H2,1-3H3. The molecular formula is C27H29BrN4O3S. The summed E-state index contributed by atoms with van der Waals surface area (Å²) in [6.45, 7) is 5.72. The van der Waals surface area contributed by atoms with Crippen LogP contribution in [0.3, 0.4) is 0 Å². The Morgan fingerprint density at radius 2 is 1.81 bits per heavy atom. The van der Waals surface area contributed by atoms with Crippen molar-refractivity contribution in [2.24, 2.45) is 0 Å². The van der Waals surface area contributed by atoms with Crippen molar-refractivity contribution in [3.63, 3.8) is 0 Å². The molecule has 0 spiro atoms. The molecule has 188 valence electrons. The smallest absolute Gasteiger partial charge is 0.257 e. The number of anilines is 1. The maximum Gasteiger partial charge on any atom is 0.257 e. The number of hydrogen-bond acceptors (Lipinski definition) is 6. The van der Waals surface area contributed by atoms with Crippen LogP contribution in [0.1, 0.15) is 60.9 Å². The van der Waals surface area contributed by atoms with E-state index in [4.69, 9.17) is 0 Å². The second kappa shape index (κ2) is 11.1. The van der Waals surface area contributed by atoms with Crippen LogP contribution in [0, 0.1) is 32.1 Å². The SMILES string of the molecule is Cc1nc(SCC(=O)N(C2CCCCC2)C2CC(=O)N(c3ccc(Br)cc3)C2=O)c(C#N)c(C)c1C. The number of aryl methyl sites for hydroxylation is 1. The number of hydrogen-bond donors (Lipinski definition) is 0. The van der Waals surface area contributed by atoms with Crippen LogP contribution < -0.4 is 4.90 Å². The third-order valence-electron chi connectivity index (χ3n) is 7.21. The Labute approximate surface area is 224 Å². The third-order valence-corrected chi connectivity index (χ3v) is 8.70. The number of nitriles is 1. The molecule has 1 saturated heterocycles. The molecule has 1 atom stereocenters. The van der Waals surface area contributed by atoms with Gasteiger partial charge in [-0.3, -0.25) is 14.4 Å². The van der Waals surface area contributed by atoms with Crippen LogP contribution in [0.5, 0.6) is 0 Å². The molecule has 2 aromatic rings. The fourth-order valence-electron chi connectivity index (χ4n) is 5.04. The van der Waals surface area contributed by atoms with E-state index in [1.807, 2.05) is 20.8 Å². The van der Waals surface area contributed by atoms with Gasteiger partial charge in [-0.05, 0) is 69.0 Å². The molecule has 4 rings (SSSR count). The van der Waals surface area contributed by atoms with Crippen LogP contribution in [-0.4, -0.2) is 45.4 Å². The molecule has 0 bridgehead atoms.